The van der Waals surface area contributed by atoms with E-state index in [1.54, 1.807) is 12.1 Å². The molecule has 130 valence electrons. The van der Waals surface area contributed by atoms with Gasteiger partial charge in [-0.2, -0.15) is 0 Å². The summed E-state index contributed by atoms with van der Waals surface area (Å²) in [6.45, 7) is 2.45. The number of non-ortho nitro benzene ring substituents is 1. The number of amides is 2. The lowest BCUT2D eigenvalue weighted by molar-refractivity contribution is -0.384. The van der Waals surface area contributed by atoms with Gasteiger partial charge in [0.1, 0.15) is 0 Å². The second kappa shape index (κ2) is 7.65. The van der Waals surface area contributed by atoms with E-state index in [-0.39, 0.29) is 11.7 Å². The summed E-state index contributed by atoms with van der Waals surface area (Å²) >= 11 is 0. The molecule has 0 aliphatic carbocycles. The van der Waals surface area contributed by atoms with E-state index < -0.39 is 4.92 Å². The number of carbonyl (C=O) groups excluding carboxylic acids is 1. The number of nitro groups is 1. The fourth-order valence-corrected chi connectivity index (χ4v) is 2.98. The number of nitrogens with zero attached hydrogens (tertiary/aromatic N) is 2. The number of urea groups is 1. The summed E-state index contributed by atoms with van der Waals surface area (Å²) in [6, 6.07) is 15.8. The van der Waals surface area contributed by atoms with E-state index in [0.717, 1.165) is 19.5 Å². The molecular weight excluding hydrogens is 320 g/mol. The summed E-state index contributed by atoms with van der Waals surface area (Å²) in [5.74, 6) is 0.385. The van der Waals surface area contributed by atoms with Crippen LogP contribution in [0.15, 0.2) is 54.6 Å². The zero-order valence-corrected chi connectivity index (χ0v) is 13.7. The summed E-state index contributed by atoms with van der Waals surface area (Å²) in [5, 5.41) is 16.2. The molecule has 0 saturated carbocycles. The van der Waals surface area contributed by atoms with Crippen molar-refractivity contribution in [3.63, 3.8) is 0 Å². The molecule has 0 aromatic heterocycles. The Morgan fingerprint density at radius 2 is 2.00 bits per heavy atom. The van der Waals surface area contributed by atoms with Crippen LogP contribution in [0.1, 0.15) is 6.42 Å². The molecule has 0 bridgehead atoms. The normalized spacial score (nSPS) is 16.5. The molecule has 0 unspecified atom stereocenters. The van der Waals surface area contributed by atoms with Crippen LogP contribution in [0.25, 0.3) is 0 Å². The maximum absolute atomic E-state index is 12.0. The number of anilines is 2. The van der Waals surface area contributed by atoms with Gasteiger partial charge < -0.3 is 15.5 Å². The van der Waals surface area contributed by atoms with Crippen LogP contribution in [0, 0.1) is 16.0 Å². The van der Waals surface area contributed by atoms with Crippen molar-refractivity contribution in [2.75, 3.05) is 29.9 Å². The van der Waals surface area contributed by atoms with Gasteiger partial charge in [0.15, 0.2) is 0 Å². The van der Waals surface area contributed by atoms with Gasteiger partial charge in [0, 0.05) is 43.1 Å². The average molecular weight is 340 g/mol. The average Bonchev–Trinajstić information content (AvgIpc) is 3.10. The van der Waals surface area contributed by atoms with Crippen LogP contribution in [0.3, 0.4) is 0 Å². The number of rotatable bonds is 5. The SMILES string of the molecule is O=C(NC[C@H]1CCN(c2ccccc2)C1)Nc1cccc([N+](=O)[O-])c1. The quantitative estimate of drug-likeness (QED) is 0.646. The highest BCUT2D eigenvalue weighted by Gasteiger charge is 2.23. The Balaban J connectivity index is 1.47. The van der Waals surface area contributed by atoms with Gasteiger partial charge in [0.25, 0.3) is 5.69 Å². The Hall–Kier alpha value is -3.09. The number of benzene rings is 2. The molecule has 2 aromatic rings. The third kappa shape index (κ3) is 4.47. The number of nitrogens with one attached hydrogen (secondary N) is 2. The molecule has 3 rings (SSSR count). The molecule has 2 aromatic carbocycles. The highest BCUT2D eigenvalue weighted by Crippen LogP contribution is 2.23. The van der Waals surface area contributed by atoms with Crippen molar-refractivity contribution in [1.29, 1.82) is 0 Å². The highest BCUT2D eigenvalue weighted by molar-refractivity contribution is 5.89. The molecule has 2 N–H and O–H groups in total. The number of carbonyl (C=O) groups is 1. The van der Waals surface area contributed by atoms with Crippen LogP contribution >= 0.6 is 0 Å². The second-order valence-corrected chi connectivity index (χ2v) is 6.08. The minimum absolute atomic E-state index is 0.0490. The first-order valence-corrected chi connectivity index (χ1v) is 8.21. The van der Waals surface area contributed by atoms with Gasteiger partial charge in [-0.1, -0.05) is 24.3 Å². The van der Waals surface area contributed by atoms with Gasteiger partial charge in [-0.15, -0.1) is 0 Å². The van der Waals surface area contributed by atoms with Crippen molar-refractivity contribution in [1.82, 2.24) is 5.32 Å². The summed E-state index contributed by atoms with van der Waals surface area (Å²) in [5.41, 5.74) is 1.56. The van der Waals surface area contributed by atoms with Crippen LogP contribution in [-0.4, -0.2) is 30.6 Å². The van der Waals surface area contributed by atoms with Crippen molar-refractivity contribution in [2.24, 2.45) is 5.92 Å². The van der Waals surface area contributed by atoms with E-state index >= 15 is 0 Å². The van der Waals surface area contributed by atoms with Gasteiger partial charge in [-0.05, 0) is 30.5 Å². The zero-order chi connectivity index (χ0) is 17.6. The lowest BCUT2D eigenvalue weighted by Gasteiger charge is -2.18. The molecule has 1 aliphatic heterocycles. The minimum atomic E-state index is -0.486. The Labute approximate surface area is 145 Å². The summed E-state index contributed by atoms with van der Waals surface area (Å²) < 4.78 is 0. The monoisotopic (exact) mass is 340 g/mol. The molecule has 0 spiro atoms. The molecule has 1 aliphatic rings. The standard InChI is InChI=1S/C18H20N4O3/c23-18(20-15-5-4-8-17(11-15)22(24)25)19-12-14-9-10-21(13-14)16-6-2-1-3-7-16/h1-8,11,14H,9-10,12-13H2,(H2,19,20,23)/t14-/m1/s1. The molecule has 25 heavy (non-hydrogen) atoms. The van der Waals surface area contributed by atoms with E-state index in [0.29, 0.717) is 18.2 Å². The molecule has 7 nitrogen and oxygen atoms in total. The van der Waals surface area contributed by atoms with E-state index in [4.69, 9.17) is 0 Å². The molecular formula is C18H20N4O3. The molecule has 2 amide bonds. The van der Waals surface area contributed by atoms with Gasteiger partial charge >= 0.3 is 6.03 Å². The van der Waals surface area contributed by atoms with Crippen LogP contribution in [0.5, 0.6) is 0 Å². The maximum atomic E-state index is 12.0. The fraction of sp³-hybridized carbons (Fsp3) is 0.278. The van der Waals surface area contributed by atoms with Crippen LogP contribution in [0.4, 0.5) is 21.9 Å². The summed E-state index contributed by atoms with van der Waals surface area (Å²) in [6.07, 6.45) is 1.02. The molecule has 0 radical (unpaired) electrons. The molecule has 7 heteroatoms. The Kier molecular flexibility index (Phi) is 5.13. The lowest BCUT2D eigenvalue weighted by Crippen LogP contribution is -2.34. The molecule has 1 atom stereocenters. The largest absolute Gasteiger partial charge is 0.371 e. The molecule has 1 heterocycles. The fourth-order valence-electron chi connectivity index (χ4n) is 2.98. The Morgan fingerprint density at radius 3 is 2.76 bits per heavy atom. The van der Waals surface area contributed by atoms with Crippen molar-refractivity contribution in [3.05, 3.63) is 64.7 Å². The van der Waals surface area contributed by atoms with E-state index in [1.165, 1.54) is 17.8 Å². The predicted octanol–water partition coefficient (Wildman–Crippen LogP) is 3.24. The van der Waals surface area contributed by atoms with Gasteiger partial charge in [-0.25, -0.2) is 4.79 Å². The van der Waals surface area contributed by atoms with E-state index in [9.17, 15) is 14.9 Å². The first-order chi connectivity index (χ1) is 12.1. The number of hydrogen-bond donors (Lipinski definition) is 2. The van der Waals surface area contributed by atoms with Crippen molar-refractivity contribution >= 4 is 23.1 Å². The first-order valence-electron chi connectivity index (χ1n) is 8.21. The number of nitro benzene ring substituents is 1. The predicted molar refractivity (Wildman–Crippen MR) is 96.9 cm³/mol. The van der Waals surface area contributed by atoms with Crippen molar-refractivity contribution in [2.45, 2.75) is 6.42 Å². The van der Waals surface area contributed by atoms with Crippen LogP contribution in [0.2, 0.25) is 0 Å². The van der Waals surface area contributed by atoms with E-state index in [1.807, 2.05) is 18.2 Å². The van der Waals surface area contributed by atoms with Crippen LogP contribution < -0.4 is 15.5 Å². The third-order valence-corrected chi connectivity index (χ3v) is 4.27. The lowest BCUT2D eigenvalue weighted by atomic mass is 10.1. The van der Waals surface area contributed by atoms with Gasteiger partial charge in [0.05, 0.1) is 4.92 Å². The Bertz CT molecular complexity index is 751. The van der Waals surface area contributed by atoms with Gasteiger partial charge in [0.2, 0.25) is 0 Å². The number of hydrogen-bond acceptors (Lipinski definition) is 4. The Morgan fingerprint density at radius 1 is 1.20 bits per heavy atom. The van der Waals surface area contributed by atoms with Crippen molar-refractivity contribution < 1.29 is 9.72 Å². The second-order valence-electron chi connectivity index (χ2n) is 6.08. The number of para-hydroxylation sites is 1. The first kappa shape index (κ1) is 16.8. The minimum Gasteiger partial charge on any atom is -0.371 e. The summed E-state index contributed by atoms with van der Waals surface area (Å²) in [4.78, 5) is 24.6. The smallest absolute Gasteiger partial charge is 0.319 e. The molecule has 1 fully saturated rings. The third-order valence-electron chi connectivity index (χ3n) is 4.27. The van der Waals surface area contributed by atoms with Crippen molar-refractivity contribution in [3.8, 4) is 0 Å². The zero-order valence-electron chi connectivity index (χ0n) is 13.7. The summed E-state index contributed by atoms with van der Waals surface area (Å²) in [7, 11) is 0. The molecule has 1 saturated heterocycles. The van der Waals surface area contributed by atoms with E-state index in [2.05, 4.69) is 27.7 Å². The maximum Gasteiger partial charge on any atom is 0.319 e. The highest BCUT2D eigenvalue weighted by atomic mass is 16.6. The van der Waals surface area contributed by atoms with Gasteiger partial charge in [-0.3, -0.25) is 10.1 Å². The van der Waals surface area contributed by atoms with Crippen LogP contribution in [-0.2, 0) is 0 Å². The topological polar surface area (TPSA) is 87.5 Å².